The summed E-state index contributed by atoms with van der Waals surface area (Å²) in [4.78, 5) is 6.94. The summed E-state index contributed by atoms with van der Waals surface area (Å²) in [7, 11) is 1.83. The van der Waals surface area contributed by atoms with Gasteiger partial charge < -0.3 is 20.1 Å². The monoisotopic (exact) mass is 482 g/mol. The van der Waals surface area contributed by atoms with Crippen LogP contribution in [0.25, 0.3) is 0 Å². The quantitative estimate of drug-likeness (QED) is 0.217. The van der Waals surface area contributed by atoms with E-state index < -0.39 is 0 Å². The fraction of sp³-hybridized carbons (Fsp3) is 0.947. The summed E-state index contributed by atoms with van der Waals surface area (Å²) in [6.45, 7) is 9.89. The summed E-state index contributed by atoms with van der Waals surface area (Å²) < 4.78 is 11.1. The normalized spacial score (nSPS) is 24.3. The Morgan fingerprint density at radius 1 is 1.23 bits per heavy atom. The van der Waals surface area contributed by atoms with Crippen LogP contribution in [0.5, 0.6) is 0 Å². The van der Waals surface area contributed by atoms with Crippen LogP contribution in [0, 0.1) is 5.92 Å². The van der Waals surface area contributed by atoms with Crippen LogP contribution in [0.3, 0.4) is 0 Å². The highest BCUT2D eigenvalue weighted by Gasteiger charge is 2.20. The summed E-state index contributed by atoms with van der Waals surface area (Å²) >= 11 is 0. The molecule has 0 aromatic heterocycles. The molecule has 0 spiro atoms. The van der Waals surface area contributed by atoms with Gasteiger partial charge in [-0.3, -0.25) is 9.89 Å². The SMILES string of the molecule is CCC1CCCCN1CCNC(=NC)NCCCOCC1CCOC1.I. The van der Waals surface area contributed by atoms with Crippen molar-refractivity contribution >= 4 is 29.9 Å². The highest BCUT2D eigenvalue weighted by Crippen LogP contribution is 2.18. The molecule has 2 rings (SSSR count). The Labute approximate surface area is 176 Å². The van der Waals surface area contributed by atoms with Crippen LogP contribution >= 0.6 is 24.0 Å². The average molecular weight is 482 g/mol. The molecule has 0 aliphatic carbocycles. The topological polar surface area (TPSA) is 58.1 Å². The minimum Gasteiger partial charge on any atom is -0.381 e. The maximum atomic E-state index is 5.73. The maximum Gasteiger partial charge on any atom is 0.191 e. The zero-order chi connectivity index (χ0) is 17.7. The zero-order valence-corrected chi connectivity index (χ0v) is 19.0. The first-order valence-electron chi connectivity index (χ1n) is 10.2. The molecule has 2 aliphatic heterocycles. The number of guanidine groups is 1. The predicted octanol–water partition coefficient (Wildman–Crippen LogP) is 2.48. The Bertz CT molecular complexity index is 379. The van der Waals surface area contributed by atoms with Crippen LogP contribution in [-0.4, -0.2) is 76.6 Å². The maximum absolute atomic E-state index is 5.73. The number of nitrogens with zero attached hydrogens (tertiary/aromatic N) is 2. The molecule has 7 heteroatoms. The van der Waals surface area contributed by atoms with Gasteiger partial charge in [-0.1, -0.05) is 13.3 Å². The van der Waals surface area contributed by atoms with Crippen LogP contribution in [0.4, 0.5) is 0 Å². The lowest BCUT2D eigenvalue weighted by Gasteiger charge is -2.35. The third-order valence-electron chi connectivity index (χ3n) is 5.27. The van der Waals surface area contributed by atoms with Gasteiger partial charge in [0.25, 0.3) is 0 Å². The number of hydrogen-bond acceptors (Lipinski definition) is 4. The van der Waals surface area contributed by atoms with E-state index >= 15 is 0 Å². The molecule has 6 nitrogen and oxygen atoms in total. The molecule has 2 fully saturated rings. The molecular weight excluding hydrogens is 443 g/mol. The van der Waals surface area contributed by atoms with Gasteiger partial charge in [-0.05, 0) is 38.6 Å². The minimum atomic E-state index is 0. The van der Waals surface area contributed by atoms with Gasteiger partial charge in [0.05, 0.1) is 13.2 Å². The van der Waals surface area contributed by atoms with E-state index in [4.69, 9.17) is 9.47 Å². The van der Waals surface area contributed by atoms with Crippen LogP contribution in [0.1, 0.15) is 45.4 Å². The Morgan fingerprint density at radius 2 is 2.08 bits per heavy atom. The Hall–Kier alpha value is -0.120. The van der Waals surface area contributed by atoms with Gasteiger partial charge in [0.1, 0.15) is 0 Å². The molecule has 0 bridgehead atoms. The number of rotatable bonds is 10. The molecule has 2 N–H and O–H groups in total. The van der Waals surface area contributed by atoms with Crippen molar-refractivity contribution in [2.45, 2.75) is 51.5 Å². The van der Waals surface area contributed by atoms with Crippen LogP contribution in [0.2, 0.25) is 0 Å². The Morgan fingerprint density at radius 3 is 2.81 bits per heavy atom. The number of hydrogen-bond donors (Lipinski definition) is 2. The molecule has 2 heterocycles. The van der Waals surface area contributed by atoms with E-state index in [1.54, 1.807) is 0 Å². The molecule has 26 heavy (non-hydrogen) atoms. The lowest BCUT2D eigenvalue weighted by Crippen LogP contribution is -2.46. The van der Waals surface area contributed by atoms with Crippen molar-refractivity contribution in [2.24, 2.45) is 10.9 Å². The molecule has 154 valence electrons. The van der Waals surface area contributed by atoms with Gasteiger partial charge in [0.2, 0.25) is 0 Å². The van der Waals surface area contributed by atoms with E-state index in [0.29, 0.717) is 5.92 Å². The van der Waals surface area contributed by atoms with Crippen molar-refractivity contribution in [1.29, 1.82) is 0 Å². The average Bonchev–Trinajstić information content (AvgIpc) is 3.16. The van der Waals surface area contributed by atoms with Crippen LogP contribution in [-0.2, 0) is 9.47 Å². The predicted molar refractivity (Wildman–Crippen MR) is 119 cm³/mol. The van der Waals surface area contributed by atoms with E-state index in [2.05, 4.69) is 27.4 Å². The molecule has 2 unspecified atom stereocenters. The lowest BCUT2D eigenvalue weighted by molar-refractivity contribution is 0.0888. The minimum absolute atomic E-state index is 0. The first-order chi connectivity index (χ1) is 12.3. The standard InChI is InChI=1S/C19H38N4O2.HI/c1-3-18-7-4-5-11-23(18)12-10-22-19(20-2)21-9-6-13-24-15-17-8-14-25-16-17;/h17-18H,3-16H2,1-2H3,(H2,20,21,22);1H. The van der Waals surface area contributed by atoms with Crippen molar-refractivity contribution in [3.8, 4) is 0 Å². The molecule has 0 aromatic carbocycles. The van der Waals surface area contributed by atoms with Gasteiger partial charge in [-0.15, -0.1) is 24.0 Å². The van der Waals surface area contributed by atoms with E-state index in [-0.39, 0.29) is 24.0 Å². The Kier molecular flexibility index (Phi) is 13.7. The molecule has 2 atom stereocenters. The lowest BCUT2D eigenvalue weighted by atomic mass is 10.0. The third kappa shape index (κ3) is 9.19. The van der Waals surface area contributed by atoms with Crippen molar-refractivity contribution in [3.05, 3.63) is 0 Å². The van der Waals surface area contributed by atoms with Crippen LogP contribution in [0.15, 0.2) is 4.99 Å². The molecule has 0 amide bonds. The summed E-state index contributed by atoms with van der Waals surface area (Å²) in [6.07, 6.45) is 7.50. The van der Waals surface area contributed by atoms with E-state index in [0.717, 1.165) is 70.9 Å². The smallest absolute Gasteiger partial charge is 0.191 e. The van der Waals surface area contributed by atoms with Gasteiger partial charge in [-0.2, -0.15) is 0 Å². The van der Waals surface area contributed by atoms with Crippen molar-refractivity contribution in [3.63, 3.8) is 0 Å². The first kappa shape index (κ1) is 23.9. The number of nitrogens with one attached hydrogen (secondary N) is 2. The zero-order valence-electron chi connectivity index (χ0n) is 16.7. The second kappa shape index (κ2) is 14.9. The summed E-state index contributed by atoms with van der Waals surface area (Å²) in [5.74, 6) is 1.50. The molecule has 2 saturated heterocycles. The number of aliphatic imine (C=N–C) groups is 1. The van der Waals surface area contributed by atoms with Gasteiger partial charge in [0.15, 0.2) is 5.96 Å². The number of likely N-dealkylation sites (tertiary alicyclic amines) is 1. The summed E-state index contributed by atoms with van der Waals surface area (Å²) in [5, 5.41) is 6.81. The second-order valence-electron chi connectivity index (χ2n) is 7.18. The van der Waals surface area contributed by atoms with Gasteiger partial charge in [-0.25, -0.2) is 0 Å². The Balaban J connectivity index is 0.00000338. The highest BCUT2D eigenvalue weighted by molar-refractivity contribution is 14.0. The fourth-order valence-electron chi connectivity index (χ4n) is 3.70. The van der Waals surface area contributed by atoms with Crippen LogP contribution < -0.4 is 10.6 Å². The highest BCUT2D eigenvalue weighted by atomic mass is 127. The third-order valence-corrected chi connectivity index (χ3v) is 5.27. The second-order valence-corrected chi connectivity index (χ2v) is 7.18. The molecule has 0 radical (unpaired) electrons. The van der Waals surface area contributed by atoms with Gasteiger partial charge >= 0.3 is 0 Å². The fourth-order valence-corrected chi connectivity index (χ4v) is 3.70. The van der Waals surface area contributed by atoms with Crippen molar-refractivity contribution in [2.75, 3.05) is 59.7 Å². The summed E-state index contributed by atoms with van der Waals surface area (Å²) in [6, 6.07) is 0.771. The number of piperidine rings is 1. The number of halogens is 1. The van der Waals surface area contributed by atoms with Crippen molar-refractivity contribution < 1.29 is 9.47 Å². The van der Waals surface area contributed by atoms with Crippen molar-refractivity contribution in [1.82, 2.24) is 15.5 Å². The van der Waals surface area contributed by atoms with E-state index in [1.165, 1.54) is 32.2 Å². The largest absolute Gasteiger partial charge is 0.381 e. The molecule has 2 aliphatic rings. The molecular formula is C19H39IN4O2. The van der Waals surface area contributed by atoms with E-state index in [9.17, 15) is 0 Å². The van der Waals surface area contributed by atoms with E-state index in [1.807, 2.05) is 7.05 Å². The summed E-state index contributed by atoms with van der Waals surface area (Å²) in [5.41, 5.74) is 0. The molecule has 0 aromatic rings. The molecule has 0 saturated carbocycles. The number of ether oxygens (including phenoxy) is 2. The van der Waals surface area contributed by atoms with Gasteiger partial charge in [0, 0.05) is 51.9 Å². The first-order valence-corrected chi connectivity index (χ1v) is 10.2.